The highest BCUT2D eigenvalue weighted by molar-refractivity contribution is 6.10. The minimum Gasteiger partial charge on any atom is -0.455 e. The van der Waals surface area contributed by atoms with E-state index in [4.69, 9.17) is 14.4 Å². The fraction of sp³-hybridized carbons (Fsp3) is 0.0526. The topological polar surface area (TPSA) is 42.2 Å². The van der Waals surface area contributed by atoms with Gasteiger partial charge < -0.3 is 9.32 Å². The Balaban J connectivity index is 1.04. The van der Waals surface area contributed by atoms with Crippen molar-refractivity contribution in [3.63, 3.8) is 0 Å². The molecule has 11 aromatic rings. The van der Waals surface area contributed by atoms with Gasteiger partial charge >= 0.3 is 0 Å². The van der Waals surface area contributed by atoms with Crippen LogP contribution in [0.25, 0.3) is 88.5 Å². The van der Waals surface area contributed by atoms with E-state index in [1.54, 1.807) is 0 Å². The average molecular weight is 782 g/mol. The highest BCUT2D eigenvalue weighted by atomic mass is 16.3. The zero-order chi connectivity index (χ0) is 40.7. The molecule has 2 heterocycles. The zero-order valence-corrected chi connectivity index (χ0v) is 33.8. The summed E-state index contributed by atoms with van der Waals surface area (Å²) in [4.78, 5) is 13.0. The molecule has 12 rings (SSSR count). The third kappa shape index (κ3) is 5.53. The van der Waals surface area contributed by atoms with Crippen LogP contribution in [0.1, 0.15) is 25.0 Å². The summed E-state index contributed by atoms with van der Waals surface area (Å²) in [6.07, 6.45) is 0. The first-order chi connectivity index (χ1) is 30.0. The molecule has 9 aromatic carbocycles. The van der Waals surface area contributed by atoms with Crippen LogP contribution in [0.5, 0.6) is 0 Å². The van der Waals surface area contributed by atoms with Gasteiger partial charge in [0.05, 0.1) is 16.9 Å². The molecule has 61 heavy (non-hydrogen) atoms. The van der Waals surface area contributed by atoms with E-state index in [0.29, 0.717) is 5.82 Å². The molecule has 288 valence electrons. The minimum absolute atomic E-state index is 0.151. The van der Waals surface area contributed by atoms with Gasteiger partial charge in [0.15, 0.2) is 5.82 Å². The highest BCUT2D eigenvalue weighted by Gasteiger charge is 2.37. The molecular weight excluding hydrogens is 743 g/mol. The van der Waals surface area contributed by atoms with E-state index in [9.17, 15) is 0 Å². The third-order valence-electron chi connectivity index (χ3n) is 12.7. The molecule has 1 aliphatic carbocycles. The number of nitrogens with zero attached hydrogens (tertiary/aromatic N) is 3. The maximum absolute atomic E-state index is 6.47. The molecule has 0 radical (unpaired) electrons. The second-order valence-corrected chi connectivity index (χ2v) is 16.5. The fourth-order valence-corrected chi connectivity index (χ4v) is 9.74. The fourth-order valence-electron chi connectivity index (χ4n) is 9.74. The van der Waals surface area contributed by atoms with Crippen LogP contribution in [0.4, 0.5) is 17.1 Å². The Morgan fingerprint density at radius 3 is 2.02 bits per heavy atom. The first-order valence-corrected chi connectivity index (χ1v) is 20.9. The van der Waals surface area contributed by atoms with Crippen molar-refractivity contribution >= 4 is 60.7 Å². The predicted octanol–water partition coefficient (Wildman–Crippen LogP) is 15.5. The molecule has 0 aliphatic heterocycles. The average Bonchev–Trinajstić information content (AvgIpc) is 3.81. The van der Waals surface area contributed by atoms with Crippen molar-refractivity contribution in [1.82, 2.24) is 9.97 Å². The van der Waals surface area contributed by atoms with Crippen molar-refractivity contribution in [2.75, 3.05) is 4.90 Å². The molecule has 0 bridgehead atoms. The Morgan fingerprint density at radius 1 is 0.459 bits per heavy atom. The first-order valence-electron chi connectivity index (χ1n) is 20.9. The van der Waals surface area contributed by atoms with E-state index in [0.717, 1.165) is 77.9 Å². The van der Waals surface area contributed by atoms with E-state index in [1.807, 2.05) is 12.1 Å². The van der Waals surface area contributed by atoms with Crippen LogP contribution in [0, 0.1) is 0 Å². The van der Waals surface area contributed by atoms with E-state index in [2.05, 4.69) is 207 Å². The number of aromatic nitrogens is 2. The van der Waals surface area contributed by atoms with Crippen LogP contribution < -0.4 is 4.90 Å². The summed E-state index contributed by atoms with van der Waals surface area (Å²) in [5.41, 5.74) is 16.0. The van der Waals surface area contributed by atoms with Crippen molar-refractivity contribution in [3.8, 4) is 44.9 Å². The Kier molecular flexibility index (Phi) is 7.85. The first kappa shape index (κ1) is 35.2. The molecule has 0 spiro atoms. The summed E-state index contributed by atoms with van der Waals surface area (Å²) in [6.45, 7) is 4.68. The molecule has 0 saturated carbocycles. The highest BCUT2D eigenvalue weighted by Crippen LogP contribution is 2.54. The van der Waals surface area contributed by atoms with E-state index < -0.39 is 0 Å². The van der Waals surface area contributed by atoms with Gasteiger partial charge in [-0.2, -0.15) is 0 Å². The van der Waals surface area contributed by atoms with Crippen molar-refractivity contribution in [2.24, 2.45) is 0 Å². The number of benzene rings is 9. The lowest BCUT2D eigenvalue weighted by atomic mass is 9.82. The lowest BCUT2D eigenvalue weighted by molar-refractivity contribution is 0.660. The van der Waals surface area contributed by atoms with Crippen LogP contribution >= 0.6 is 0 Å². The van der Waals surface area contributed by atoms with Gasteiger partial charge in [0.25, 0.3) is 0 Å². The molecule has 0 unspecified atom stereocenters. The van der Waals surface area contributed by atoms with Gasteiger partial charge in [0.2, 0.25) is 0 Å². The normalized spacial score (nSPS) is 12.9. The summed E-state index contributed by atoms with van der Waals surface area (Å²) < 4.78 is 6.47. The van der Waals surface area contributed by atoms with E-state index in [1.165, 1.54) is 33.0 Å². The second kappa shape index (κ2) is 13.6. The number of fused-ring (bicyclic) bond motifs is 8. The molecule has 0 atom stereocenters. The van der Waals surface area contributed by atoms with Crippen LogP contribution in [-0.4, -0.2) is 9.97 Å². The maximum Gasteiger partial charge on any atom is 0.160 e. The standard InChI is InChI=1S/C57H39N3O/c1-57(2)48-26-8-5-21-46(48)53-49(57)27-14-29-51(53)60(39-33-31-37(32-34-39)42-23-13-25-45-43-20-7-10-30-52(43)61-55(42)45)40-18-11-17-38(35-40)56-58-50-28-9-6-22-47(50)54(59-56)44-24-12-16-36-15-3-4-19-41(36)44/h3-35H,1-2H3. The molecule has 0 fully saturated rings. The number of para-hydroxylation sites is 3. The Morgan fingerprint density at radius 2 is 1.11 bits per heavy atom. The van der Waals surface area contributed by atoms with Gasteiger partial charge in [0.1, 0.15) is 11.2 Å². The van der Waals surface area contributed by atoms with E-state index in [-0.39, 0.29) is 5.41 Å². The SMILES string of the molecule is CC1(C)c2ccccc2-c2c(N(c3ccc(-c4cccc5c4oc4ccccc45)cc3)c3cccc(-c4nc(-c5cccc6ccccc56)c5ccccc5n4)c3)cccc21. The molecule has 0 N–H and O–H groups in total. The molecule has 0 saturated heterocycles. The summed E-state index contributed by atoms with van der Waals surface area (Å²) in [5.74, 6) is 0.683. The van der Waals surface area contributed by atoms with Crippen molar-refractivity contribution in [2.45, 2.75) is 19.3 Å². The zero-order valence-electron chi connectivity index (χ0n) is 33.8. The van der Waals surface area contributed by atoms with Crippen LogP contribution in [-0.2, 0) is 5.41 Å². The van der Waals surface area contributed by atoms with Crippen LogP contribution in [0.2, 0.25) is 0 Å². The molecule has 0 amide bonds. The van der Waals surface area contributed by atoms with Gasteiger partial charge in [-0.25, -0.2) is 9.97 Å². The van der Waals surface area contributed by atoms with Crippen LogP contribution in [0.3, 0.4) is 0 Å². The number of furan rings is 1. The van der Waals surface area contributed by atoms with Gasteiger partial charge in [-0.1, -0.05) is 172 Å². The Bertz CT molecular complexity index is 3520. The van der Waals surface area contributed by atoms with Crippen molar-refractivity contribution < 1.29 is 4.42 Å². The summed E-state index contributed by atoms with van der Waals surface area (Å²) >= 11 is 0. The Labute approximate surface area is 354 Å². The summed E-state index contributed by atoms with van der Waals surface area (Å²) in [7, 11) is 0. The van der Waals surface area contributed by atoms with Crippen molar-refractivity contribution in [1.29, 1.82) is 0 Å². The summed E-state index contributed by atoms with van der Waals surface area (Å²) in [5, 5.41) is 5.63. The quantitative estimate of drug-likeness (QED) is 0.168. The van der Waals surface area contributed by atoms with E-state index >= 15 is 0 Å². The smallest absolute Gasteiger partial charge is 0.160 e. The predicted molar refractivity (Wildman–Crippen MR) is 253 cm³/mol. The van der Waals surface area contributed by atoms with Gasteiger partial charge in [-0.3, -0.25) is 0 Å². The number of anilines is 3. The monoisotopic (exact) mass is 781 g/mol. The van der Waals surface area contributed by atoms with Crippen LogP contribution in [0.15, 0.2) is 205 Å². The van der Waals surface area contributed by atoms with Gasteiger partial charge in [-0.05, 0) is 75.5 Å². The maximum atomic E-state index is 6.47. The number of hydrogen-bond donors (Lipinski definition) is 0. The lowest BCUT2D eigenvalue weighted by Crippen LogP contribution is -2.16. The molecule has 2 aromatic heterocycles. The number of hydrogen-bond acceptors (Lipinski definition) is 4. The third-order valence-corrected chi connectivity index (χ3v) is 12.7. The molecular formula is C57H39N3O. The minimum atomic E-state index is -0.151. The van der Waals surface area contributed by atoms with Gasteiger partial charge in [0, 0.05) is 55.2 Å². The Hall–Kier alpha value is -7.82. The second-order valence-electron chi connectivity index (χ2n) is 16.5. The molecule has 1 aliphatic rings. The lowest BCUT2D eigenvalue weighted by Gasteiger charge is -2.29. The molecule has 4 heteroatoms. The van der Waals surface area contributed by atoms with Crippen molar-refractivity contribution in [3.05, 3.63) is 211 Å². The molecule has 4 nitrogen and oxygen atoms in total. The summed E-state index contributed by atoms with van der Waals surface area (Å²) in [6, 6.07) is 71.2. The van der Waals surface area contributed by atoms with Gasteiger partial charge in [-0.15, -0.1) is 0 Å². The largest absolute Gasteiger partial charge is 0.455 e. The number of rotatable bonds is 6.